The summed E-state index contributed by atoms with van der Waals surface area (Å²) < 4.78 is 5.77. The summed E-state index contributed by atoms with van der Waals surface area (Å²) in [6.07, 6.45) is 7.98. The van der Waals surface area contributed by atoms with Crippen LogP contribution in [0.5, 0.6) is 5.75 Å². The average molecular weight is 480 g/mol. The molecular formula is C26H37N7O2. The Morgan fingerprint density at radius 1 is 1.14 bits per heavy atom. The van der Waals surface area contributed by atoms with E-state index in [1.54, 1.807) is 30.5 Å². The SMILES string of the molecule is N#CN=CNCCCOc1cccc(CN2CCCCC2)c1.NCCNC(=O)c1ccc(N)cc1. The van der Waals surface area contributed by atoms with Crippen LogP contribution in [0.15, 0.2) is 53.5 Å². The molecule has 6 N–H and O–H groups in total. The van der Waals surface area contributed by atoms with Gasteiger partial charge in [-0.05, 0) is 74.3 Å². The number of anilines is 1. The minimum absolute atomic E-state index is 0.120. The Morgan fingerprint density at radius 2 is 1.91 bits per heavy atom. The van der Waals surface area contributed by atoms with Crippen LogP contribution in [-0.2, 0) is 6.54 Å². The highest BCUT2D eigenvalue weighted by Crippen LogP contribution is 2.17. The van der Waals surface area contributed by atoms with Gasteiger partial charge >= 0.3 is 0 Å². The second-order valence-electron chi connectivity index (χ2n) is 8.17. The van der Waals surface area contributed by atoms with Gasteiger partial charge < -0.3 is 26.8 Å². The summed E-state index contributed by atoms with van der Waals surface area (Å²) in [5, 5.41) is 13.8. The van der Waals surface area contributed by atoms with Crippen LogP contribution < -0.4 is 26.8 Å². The van der Waals surface area contributed by atoms with Crippen molar-refractivity contribution >= 4 is 17.9 Å². The lowest BCUT2D eigenvalue weighted by Gasteiger charge is -2.26. The van der Waals surface area contributed by atoms with Crippen LogP contribution in [0.3, 0.4) is 0 Å². The lowest BCUT2D eigenvalue weighted by atomic mass is 10.1. The zero-order valence-corrected chi connectivity index (χ0v) is 20.3. The molecule has 2 aromatic carbocycles. The maximum atomic E-state index is 11.3. The molecular weight excluding hydrogens is 442 g/mol. The summed E-state index contributed by atoms with van der Waals surface area (Å²) in [7, 11) is 0. The third-order valence-electron chi connectivity index (χ3n) is 5.30. The smallest absolute Gasteiger partial charge is 0.251 e. The van der Waals surface area contributed by atoms with Gasteiger partial charge in [0.1, 0.15) is 12.1 Å². The van der Waals surface area contributed by atoms with E-state index in [4.69, 9.17) is 21.5 Å². The Hall–Kier alpha value is -3.61. The fourth-order valence-corrected chi connectivity index (χ4v) is 3.53. The topological polar surface area (TPSA) is 142 Å². The van der Waals surface area contributed by atoms with Gasteiger partial charge in [-0.3, -0.25) is 9.69 Å². The Balaban J connectivity index is 0.000000283. The molecule has 0 unspecified atom stereocenters. The van der Waals surface area contributed by atoms with E-state index in [1.807, 2.05) is 6.07 Å². The lowest BCUT2D eigenvalue weighted by molar-refractivity contribution is 0.0955. The number of carbonyl (C=O) groups is 1. The van der Waals surface area contributed by atoms with Crippen molar-refractivity contribution in [2.75, 3.05) is 45.1 Å². The van der Waals surface area contributed by atoms with Crippen LogP contribution in [0.4, 0.5) is 5.69 Å². The van der Waals surface area contributed by atoms with Crippen LogP contribution in [0.25, 0.3) is 0 Å². The van der Waals surface area contributed by atoms with Gasteiger partial charge in [0.15, 0.2) is 0 Å². The molecule has 3 rings (SSSR count). The predicted octanol–water partition coefficient (Wildman–Crippen LogP) is 2.50. The number of nitrogens with zero attached hydrogens (tertiary/aromatic N) is 3. The van der Waals surface area contributed by atoms with E-state index in [1.165, 1.54) is 44.3 Å². The van der Waals surface area contributed by atoms with Crippen LogP contribution >= 0.6 is 0 Å². The number of nitrogens with one attached hydrogen (secondary N) is 2. The maximum absolute atomic E-state index is 11.3. The molecule has 1 aliphatic rings. The summed E-state index contributed by atoms with van der Waals surface area (Å²) in [4.78, 5) is 17.2. The molecule has 0 bridgehead atoms. The van der Waals surface area contributed by atoms with E-state index in [9.17, 15) is 4.79 Å². The number of piperidine rings is 1. The number of ether oxygens (including phenoxy) is 1. The van der Waals surface area contributed by atoms with Crippen LogP contribution in [0.2, 0.25) is 0 Å². The summed E-state index contributed by atoms with van der Waals surface area (Å²) >= 11 is 0. The number of aliphatic imine (C=N–C) groups is 1. The summed E-state index contributed by atoms with van der Waals surface area (Å²) in [5.41, 5.74) is 13.3. The Bertz CT molecular complexity index is 935. The minimum Gasteiger partial charge on any atom is -0.494 e. The van der Waals surface area contributed by atoms with Crippen molar-refractivity contribution in [3.63, 3.8) is 0 Å². The Labute approximate surface area is 208 Å². The van der Waals surface area contributed by atoms with Crippen molar-refractivity contribution in [1.82, 2.24) is 15.5 Å². The number of nitrogens with two attached hydrogens (primary N) is 2. The van der Waals surface area contributed by atoms with Gasteiger partial charge in [0.05, 0.1) is 6.61 Å². The van der Waals surface area contributed by atoms with Crippen molar-refractivity contribution in [2.45, 2.75) is 32.2 Å². The molecule has 1 aliphatic heterocycles. The second-order valence-corrected chi connectivity index (χ2v) is 8.17. The standard InChI is InChI=1S/C17H24N4O.C9H13N3O/c18-14-20-15-19-8-5-11-22-17-7-4-6-16(12-17)13-21-9-2-1-3-10-21;10-5-6-12-9(13)7-1-3-8(11)4-2-7/h4,6-7,12,15H,1-3,5,8-11,13H2,(H,19,20);1-4H,5-6,10-11H2,(H,12,13). The maximum Gasteiger partial charge on any atom is 0.251 e. The quantitative estimate of drug-likeness (QED) is 0.127. The Morgan fingerprint density at radius 3 is 2.63 bits per heavy atom. The van der Waals surface area contributed by atoms with E-state index >= 15 is 0 Å². The van der Waals surface area contributed by atoms with Crippen molar-refractivity contribution in [3.8, 4) is 11.9 Å². The van der Waals surface area contributed by atoms with Gasteiger partial charge in [-0.25, -0.2) is 0 Å². The van der Waals surface area contributed by atoms with Crippen molar-refractivity contribution in [1.29, 1.82) is 5.26 Å². The van der Waals surface area contributed by atoms with E-state index in [-0.39, 0.29) is 5.91 Å². The number of amides is 1. The first-order valence-corrected chi connectivity index (χ1v) is 12.0. The van der Waals surface area contributed by atoms with Crippen molar-refractivity contribution < 1.29 is 9.53 Å². The highest BCUT2D eigenvalue weighted by Gasteiger charge is 2.10. The Kier molecular flexibility index (Phi) is 13.4. The number of benzene rings is 2. The van der Waals surface area contributed by atoms with E-state index in [2.05, 4.69) is 38.7 Å². The number of hydrogen-bond acceptors (Lipinski definition) is 7. The summed E-state index contributed by atoms with van der Waals surface area (Å²) in [6, 6.07) is 15.1. The van der Waals surface area contributed by atoms with Crippen LogP contribution in [0, 0.1) is 11.5 Å². The molecule has 2 aromatic rings. The first kappa shape index (κ1) is 27.6. The van der Waals surface area contributed by atoms with Gasteiger partial charge in [-0.2, -0.15) is 10.3 Å². The van der Waals surface area contributed by atoms with E-state index in [0.717, 1.165) is 25.3 Å². The van der Waals surface area contributed by atoms with Crippen molar-refractivity contribution in [2.24, 2.45) is 10.7 Å². The molecule has 1 heterocycles. The molecule has 35 heavy (non-hydrogen) atoms. The number of carbonyl (C=O) groups excluding carboxylic acids is 1. The second kappa shape index (κ2) is 16.9. The molecule has 9 heteroatoms. The highest BCUT2D eigenvalue weighted by atomic mass is 16.5. The average Bonchev–Trinajstić information content (AvgIpc) is 2.88. The molecule has 0 aliphatic carbocycles. The molecule has 0 aromatic heterocycles. The van der Waals surface area contributed by atoms with Gasteiger partial charge in [-0.1, -0.05) is 18.6 Å². The van der Waals surface area contributed by atoms with Gasteiger partial charge in [0.2, 0.25) is 6.19 Å². The monoisotopic (exact) mass is 479 g/mol. The number of hydrogen-bond donors (Lipinski definition) is 4. The van der Waals surface area contributed by atoms with Gasteiger partial charge in [0, 0.05) is 37.4 Å². The molecule has 1 saturated heterocycles. The summed E-state index contributed by atoms with van der Waals surface area (Å²) in [5.74, 6) is 0.811. The number of rotatable bonds is 11. The molecule has 188 valence electrons. The van der Waals surface area contributed by atoms with Crippen LogP contribution in [-0.4, -0.2) is 56.5 Å². The molecule has 0 spiro atoms. The third-order valence-corrected chi connectivity index (χ3v) is 5.30. The van der Waals surface area contributed by atoms with E-state index in [0.29, 0.717) is 30.9 Å². The summed E-state index contributed by atoms with van der Waals surface area (Å²) in [6.45, 7) is 5.77. The molecule has 9 nitrogen and oxygen atoms in total. The van der Waals surface area contributed by atoms with Gasteiger partial charge in [-0.15, -0.1) is 0 Å². The van der Waals surface area contributed by atoms with Gasteiger partial charge in [0.25, 0.3) is 5.91 Å². The first-order valence-electron chi connectivity index (χ1n) is 12.0. The largest absolute Gasteiger partial charge is 0.494 e. The third kappa shape index (κ3) is 11.9. The van der Waals surface area contributed by atoms with Crippen LogP contribution in [0.1, 0.15) is 41.6 Å². The zero-order valence-electron chi connectivity index (χ0n) is 20.3. The first-order chi connectivity index (χ1) is 17.1. The number of nitrogen functional groups attached to an aromatic ring is 1. The molecule has 0 radical (unpaired) electrons. The molecule has 0 atom stereocenters. The predicted molar refractivity (Wildman–Crippen MR) is 140 cm³/mol. The number of likely N-dealkylation sites (tertiary alicyclic amines) is 1. The fraction of sp³-hybridized carbons (Fsp3) is 0.423. The molecule has 0 saturated carbocycles. The normalized spacial score (nSPS) is 13.4. The molecule has 1 amide bonds. The highest BCUT2D eigenvalue weighted by molar-refractivity contribution is 5.94. The fourth-order valence-electron chi connectivity index (χ4n) is 3.53. The lowest BCUT2D eigenvalue weighted by Crippen LogP contribution is -2.29. The van der Waals surface area contributed by atoms with E-state index < -0.39 is 0 Å². The minimum atomic E-state index is -0.120. The number of nitriles is 1. The zero-order chi connectivity index (χ0) is 25.1. The molecule has 1 fully saturated rings. The van der Waals surface area contributed by atoms with Crippen molar-refractivity contribution in [3.05, 3.63) is 59.7 Å².